The van der Waals surface area contributed by atoms with Crippen LogP contribution >= 0.6 is 0 Å². The summed E-state index contributed by atoms with van der Waals surface area (Å²) in [6.07, 6.45) is 0.557. The summed E-state index contributed by atoms with van der Waals surface area (Å²) in [6, 6.07) is 13.3. The lowest BCUT2D eigenvalue weighted by molar-refractivity contribution is -0.132. The van der Waals surface area contributed by atoms with Crippen molar-refractivity contribution >= 4 is 28.5 Å². The SMILES string of the molecule is CCC(=O)N1CCN(Cc2nc3cc(NC(=O)COc4ccc(C)cc4)ccc3n2C)CC1. The monoisotopic (exact) mass is 449 g/mol. The number of carbonyl (C=O) groups excluding carboxylic acids is 2. The number of rotatable bonds is 7. The Bertz CT molecular complexity index is 1130. The molecule has 0 radical (unpaired) electrons. The van der Waals surface area contributed by atoms with Gasteiger partial charge in [-0.05, 0) is 37.3 Å². The Morgan fingerprint density at radius 2 is 1.79 bits per heavy atom. The molecule has 0 aliphatic carbocycles. The van der Waals surface area contributed by atoms with E-state index >= 15 is 0 Å². The van der Waals surface area contributed by atoms with Crippen molar-refractivity contribution in [3.8, 4) is 5.75 Å². The van der Waals surface area contributed by atoms with Gasteiger partial charge in [0.05, 0.1) is 17.6 Å². The third-order valence-electron chi connectivity index (χ3n) is 6.04. The fourth-order valence-corrected chi connectivity index (χ4v) is 4.03. The highest BCUT2D eigenvalue weighted by molar-refractivity contribution is 5.94. The topological polar surface area (TPSA) is 79.7 Å². The third-order valence-corrected chi connectivity index (χ3v) is 6.04. The molecule has 1 N–H and O–H groups in total. The van der Waals surface area contributed by atoms with E-state index in [0.717, 1.165) is 55.1 Å². The van der Waals surface area contributed by atoms with Crippen LogP contribution in [0, 0.1) is 6.92 Å². The molecular formula is C25H31N5O3. The van der Waals surface area contributed by atoms with E-state index in [1.807, 2.05) is 68.3 Å². The molecule has 0 bridgehead atoms. The number of ether oxygens (including phenoxy) is 1. The molecule has 0 atom stereocenters. The van der Waals surface area contributed by atoms with Crippen molar-refractivity contribution in [1.82, 2.24) is 19.4 Å². The Labute approximate surface area is 194 Å². The number of piperazine rings is 1. The van der Waals surface area contributed by atoms with Crippen molar-refractivity contribution in [2.75, 3.05) is 38.1 Å². The van der Waals surface area contributed by atoms with E-state index in [-0.39, 0.29) is 18.4 Å². The lowest BCUT2D eigenvalue weighted by Crippen LogP contribution is -2.48. The summed E-state index contributed by atoms with van der Waals surface area (Å²) >= 11 is 0. The lowest BCUT2D eigenvalue weighted by atomic mass is 10.2. The van der Waals surface area contributed by atoms with Gasteiger partial charge in [-0.15, -0.1) is 0 Å². The van der Waals surface area contributed by atoms with E-state index < -0.39 is 0 Å². The normalized spacial score (nSPS) is 14.5. The van der Waals surface area contributed by atoms with Gasteiger partial charge in [0, 0.05) is 45.3 Å². The maximum absolute atomic E-state index is 12.3. The zero-order valence-corrected chi connectivity index (χ0v) is 19.5. The Balaban J connectivity index is 1.35. The molecule has 0 saturated carbocycles. The Morgan fingerprint density at radius 3 is 2.48 bits per heavy atom. The van der Waals surface area contributed by atoms with Gasteiger partial charge in [-0.3, -0.25) is 14.5 Å². The molecule has 4 rings (SSSR count). The van der Waals surface area contributed by atoms with Gasteiger partial charge in [0.1, 0.15) is 11.6 Å². The summed E-state index contributed by atoms with van der Waals surface area (Å²) in [5.41, 5.74) is 3.68. The minimum absolute atomic E-state index is 0.0545. The Morgan fingerprint density at radius 1 is 1.06 bits per heavy atom. The molecule has 0 spiro atoms. The van der Waals surface area contributed by atoms with E-state index in [4.69, 9.17) is 9.72 Å². The molecule has 2 amide bonds. The quantitative estimate of drug-likeness (QED) is 0.600. The second-order valence-corrected chi connectivity index (χ2v) is 8.45. The molecule has 0 unspecified atom stereocenters. The first-order chi connectivity index (χ1) is 15.9. The molecule has 1 aromatic heterocycles. The van der Waals surface area contributed by atoms with Gasteiger partial charge in [-0.1, -0.05) is 24.6 Å². The highest BCUT2D eigenvalue weighted by Gasteiger charge is 2.21. The fourth-order valence-electron chi connectivity index (χ4n) is 4.03. The van der Waals surface area contributed by atoms with Gasteiger partial charge >= 0.3 is 0 Å². The molecule has 174 valence electrons. The maximum Gasteiger partial charge on any atom is 0.262 e. The van der Waals surface area contributed by atoms with Crippen LogP contribution in [0.1, 0.15) is 24.7 Å². The molecule has 1 saturated heterocycles. The minimum atomic E-state index is -0.217. The average Bonchev–Trinajstić information content (AvgIpc) is 3.13. The second-order valence-electron chi connectivity index (χ2n) is 8.45. The summed E-state index contributed by atoms with van der Waals surface area (Å²) in [7, 11) is 2.01. The standard InChI is InChI=1S/C25H31N5O3/c1-4-25(32)30-13-11-29(12-14-30)16-23-27-21-15-19(7-10-22(21)28(23)3)26-24(31)17-33-20-8-5-18(2)6-9-20/h5-10,15H,4,11-14,16-17H2,1-3H3,(H,26,31). The van der Waals surface area contributed by atoms with Crippen LogP contribution in [0.15, 0.2) is 42.5 Å². The molecule has 8 heteroatoms. The van der Waals surface area contributed by atoms with Crippen LogP contribution in [0.25, 0.3) is 11.0 Å². The summed E-state index contributed by atoms with van der Waals surface area (Å²) in [6.45, 7) is 7.79. The van der Waals surface area contributed by atoms with Gasteiger partial charge in [0.2, 0.25) is 5.91 Å². The van der Waals surface area contributed by atoms with Crippen LogP contribution in [0.3, 0.4) is 0 Å². The van der Waals surface area contributed by atoms with Crippen molar-refractivity contribution in [3.05, 3.63) is 53.9 Å². The molecular weight excluding hydrogens is 418 g/mol. The zero-order valence-electron chi connectivity index (χ0n) is 19.5. The largest absolute Gasteiger partial charge is 0.484 e. The number of nitrogens with zero attached hydrogens (tertiary/aromatic N) is 4. The first-order valence-electron chi connectivity index (χ1n) is 11.4. The van der Waals surface area contributed by atoms with Crippen molar-refractivity contribution in [2.24, 2.45) is 7.05 Å². The van der Waals surface area contributed by atoms with Crippen LogP contribution in [-0.2, 0) is 23.2 Å². The van der Waals surface area contributed by atoms with E-state index in [0.29, 0.717) is 17.9 Å². The summed E-state index contributed by atoms with van der Waals surface area (Å²) in [5, 5.41) is 2.89. The molecule has 8 nitrogen and oxygen atoms in total. The fraction of sp³-hybridized carbons (Fsp3) is 0.400. The smallest absolute Gasteiger partial charge is 0.262 e. The predicted octanol–water partition coefficient (Wildman–Crippen LogP) is 2.95. The summed E-state index contributed by atoms with van der Waals surface area (Å²) in [4.78, 5) is 33.3. The van der Waals surface area contributed by atoms with Crippen molar-refractivity contribution in [3.63, 3.8) is 0 Å². The number of imidazole rings is 1. The number of hydrogen-bond donors (Lipinski definition) is 1. The highest BCUT2D eigenvalue weighted by Crippen LogP contribution is 2.21. The van der Waals surface area contributed by atoms with E-state index in [9.17, 15) is 9.59 Å². The van der Waals surface area contributed by atoms with Crippen LogP contribution < -0.4 is 10.1 Å². The van der Waals surface area contributed by atoms with Crippen LogP contribution in [-0.4, -0.2) is 64.0 Å². The third kappa shape index (κ3) is 5.51. The molecule has 33 heavy (non-hydrogen) atoms. The lowest BCUT2D eigenvalue weighted by Gasteiger charge is -2.34. The highest BCUT2D eigenvalue weighted by atomic mass is 16.5. The van der Waals surface area contributed by atoms with E-state index in [2.05, 4.69) is 14.8 Å². The van der Waals surface area contributed by atoms with Gasteiger partial charge in [0.15, 0.2) is 6.61 Å². The minimum Gasteiger partial charge on any atom is -0.484 e. The van der Waals surface area contributed by atoms with Gasteiger partial charge in [0.25, 0.3) is 5.91 Å². The number of carbonyl (C=O) groups is 2. The maximum atomic E-state index is 12.3. The van der Waals surface area contributed by atoms with Crippen molar-refractivity contribution in [1.29, 1.82) is 0 Å². The molecule has 3 aromatic rings. The average molecular weight is 450 g/mol. The number of nitrogens with one attached hydrogen (secondary N) is 1. The van der Waals surface area contributed by atoms with E-state index in [1.165, 1.54) is 0 Å². The first-order valence-corrected chi connectivity index (χ1v) is 11.4. The number of amides is 2. The second kappa shape index (κ2) is 10.0. The molecule has 2 heterocycles. The molecule has 1 aliphatic heterocycles. The Hall–Kier alpha value is -3.39. The molecule has 1 aliphatic rings. The molecule has 1 fully saturated rings. The van der Waals surface area contributed by atoms with Gasteiger partial charge < -0.3 is 19.5 Å². The van der Waals surface area contributed by atoms with Crippen LogP contribution in [0.4, 0.5) is 5.69 Å². The van der Waals surface area contributed by atoms with Crippen molar-refractivity contribution < 1.29 is 14.3 Å². The number of fused-ring (bicyclic) bond motifs is 1. The first kappa shape index (κ1) is 22.8. The van der Waals surface area contributed by atoms with Crippen LogP contribution in [0.2, 0.25) is 0 Å². The summed E-state index contributed by atoms with van der Waals surface area (Å²) < 4.78 is 7.65. The summed E-state index contributed by atoms with van der Waals surface area (Å²) in [5.74, 6) is 1.63. The zero-order chi connectivity index (χ0) is 23.4. The van der Waals surface area contributed by atoms with Crippen LogP contribution in [0.5, 0.6) is 5.75 Å². The number of anilines is 1. The Kier molecular flexibility index (Phi) is 6.93. The van der Waals surface area contributed by atoms with E-state index in [1.54, 1.807) is 0 Å². The number of aromatic nitrogens is 2. The number of hydrogen-bond acceptors (Lipinski definition) is 5. The molecule has 2 aromatic carbocycles. The van der Waals surface area contributed by atoms with Crippen molar-refractivity contribution in [2.45, 2.75) is 26.8 Å². The van der Waals surface area contributed by atoms with Gasteiger partial charge in [-0.2, -0.15) is 0 Å². The number of aryl methyl sites for hydroxylation is 2. The predicted molar refractivity (Wildman–Crippen MR) is 128 cm³/mol. The number of benzene rings is 2. The van der Waals surface area contributed by atoms with Gasteiger partial charge in [-0.25, -0.2) is 4.98 Å².